The van der Waals surface area contributed by atoms with Gasteiger partial charge < -0.3 is 14.5 Å². The molecule has 0 saturated heterocycles. The van der Waals surface area contributed by atoms with Gasteiger partial charge in [-0.05, 0) is 57.7 Å². The molecule has 0 aliphatic heterocycles. The van der Waals surface area contributed by atoms with Crippen molar-refractivity contribution in [1.82, 2.24) is 4.98 Å². The second kappa shape index (κ2) is 11.2. The zero-order valence-corrected chi connectivity index (χ0v) is 22.1. The van der Waals surface area contributed by atoms with E-state index in [9.17, 15) is 4.79 Å². The van der Waals surface area contributed by atoms with Crippen molar-refractivity contribution in [3.63, 3.8) is 0 Å². The molecule has 2 aromatic carbocycles. The summed E-state index contributed by atoms with van der Waals surface area (Å²) in [5.41, 5.74) is 8.65. The molecular weight excluding hydrogens is 591 g/mol. The number of aryl methyl sites for hydroxylation is 4. The summed E-state index contributed by atoms with van der Waals surface area (Å²) in [7, 11) is 0. The maximum Gasteiger partial charge on any atom is 0.155 e. The molecule has 173 valence electrons. The number of fused-ring (bicyclic) bond motifs is 1. The molecule has 2 aromatic heterocycles. The van der Waals surface area contributed by atoms with E-state index in [-0.39, 0.29) is 31.6 Å². The largest absolute Gasteiger partial charge is 0.512 e. The summed E-state index contributed by atoms with van der Waals surface area (Å²) in [6.45, 7) is 11.2. The third-order valence-electron chi connectivity index (χ3n) is 4.74. The molecule has 5 heteroatoms. The van der Waals surface area contributed by atoms with Gasteiger partial charge >= 0.3 is 0 Å². The van der Waals surface area contributed by atoms with Gasteiger partial charge in [0.1, 0.15) is 11.3 Å². The minimum atomic E-state index is -0.125. The smallest absolute Gasteiger partial charge is 0.155 e. The van der Waals surface area contributed by atoms with Crippen LogP contribution in [0.25, 0.3) is 33.6 Å². The average Bonchev–Trinajstić information content (AvgIpc) is 3.09. The summed E-state index contributed by atoms with van der Waals surface area (Å²) in [5, 5.41) is 9.38. The number of aliphatic hydroxyl groups is 1. The Balaban J connectivity index is 0.000000423. The van der Waals surface area contributed by atoms with Crippen LogP contribution in [0.4, 0.5) is 0 Å². The quantitative estimate of drug-likeness (QED) is 0.150. The third kappa shape index (κ3) is 7.24. The van der Waals surface area contributed by atoms with Crippen LogP contribution >= 0.6 is 0 Å². The van der Waals surface area contributed by atoms with Gasteiger partial charge in [-0.25, -0.2) is 0 Å². The molecule has 1 radical (unpaired) electrons. The molecule has 0 aliphatic carbocycles. The van der Waals surface area contributed by atoms with Crippen LogP contribution in [0.5, 0.6) is 0 Å². The first-order valence-electron chi connectivity index (χ1n) is 10.5. The van der Waals surface area contributed by atoms with E-state index in [0.717, 1.165) is 39.1 Å². The van der Waals surface area contributed by atoms with Gasteiger partial charge in [0.2, 0.25) is 0 Å². The van der Waals surface area contributed by atoms with Crippen molar-refractivity contribution >= 4 is 16.8 Å². The number of benzene rings is 2. The van der Waals surface area contributed by atoms with Crippen LogP contribution in [-0.4, -0.2) is 15.9 Å². The minimum absolute atomic E-state index is 0. The molecule has 4 nitrogen and oxygen atoms in total. The molecule has 0 aliphatic rings. The van der Waals surface area contributed by atoms with E-state index in [1.165, 1.54) is 36.6 Å². The molecule has 0 spiro atoms. The second-order valence-corrected chi connectivity index (χ2v) is 8.25. The first-order valence-corrected chi connectivity index (χ1v) is 10.5. The summed E-state index contributed by atoms with van der Waals surface area (Å²) in [6.07, 6.45) is 3.05. The Morgan fingerprint density at radius 1 is 0.939 bits per heavy atom. The van der Waals surface area contributed by atoms with Gasteiger partial charge in [-0.15, -0.1) is 34.9 Å². The minimum Gasteiger partial charge on any atom is -0.512 e. The van der Waals surface area contributed by atoms with Crippen LogP contribution in [-0.2, 0) is 24.9 Å². The van der Waals surface area contributed by atoms with E-state index in [1.54, 1.807) is 0 Å². The third-order valence-corrected chi connectivity index (χ3v) is 4.74. The Bertz CT molecular complexity index is 1220. The summed E-state index contributed by atoms with van der Waals surface area (Å²) < 4.78 is 6.13. The second-order valence-electron chi connectivity index (χ2n) is 8.25. The van der Waals surface area contributed by atoms with Crippen LogP contribution in [0.3, 0.4) is 0 Å². The first-order chi connectivity index (χ1) is 15.1. The molecule has 0 unspecified atom stereocenters. The van der Waals surface area contributed by atoms with E-state index in [1.807, 2.05) is 12.3 Å². The van der Waals surface area contributed by atoms with Crippen molar-refractivity contribution in [1.29, 1.82) is 0 Å². The zero-order valence-electron chi connectivity index (χ0n) is 19.7. The van der Waals surface area contributed by atoms with Crippen molar-refractivity contribution < 1.29 is 34.4 Å². The fourth-order valence-corrected chi connectivity index (χ4v) is 3.67. The number of allylic oxidation sites excluding steroid dienone is 2. The Morgan fingerprint density at radius 3 is 2.12 bits per heavy atom. The Kier molecular flexibility index (Phi) is 8.92. The van der Waals surface area contributed by atoms with E-state index in [2.05, 4.69) is 75.1 Å². The van der Waals surface area contributed by atoms with Crippen LogP contribution in [0.2, 0.25) is 0 Å². The summed E-state index contributed by atoms with van der Waals surface area (Å²) in [4.78, 5) is 14.6. The maximum atomic E-state index is 10.0. The van der Waals surface area contributed by atoms with Gasteiger partial charge in [0.25, 0.3) is 0 Å². The molecule has 0 saturated carbocycles. The predicted octanol–water partition coefficient (Wildman–Crippen LogP) is 7.23. The van der Waals surface area contributed by atoms with E-state index < -0.39 is 0 Å². The number of aromatic nitrogens is 1. The van der Waals surface area contributed by atoms with Gasteiger partial charge in [0, 0.05) is 43.3 Å². The standard InChI is InChI=1S/C23H20NO.C5H8O2.Ir/c1-14-5-15(2)8-18(7-14)21-12-23-20(13-24-21)11-22(25-23)19-9-16(3)6-17(4)10-19;1-4(6)3-5(2)7;/h5-7,9-13H,1-4H3;3,6H,1-2H3;/q-1;;/b;4-3-;. The van der Waals surface area contributed by atoms with Crippen molar-refractivity contribution in [2.75, 3.05) is 0 Å². The number of aliphatic hydroxyl groups excluding tert-OH is 1. The molecule has 0 bridgehead atoms. The van der Waals surface area contributed by atoms with Gasteiger partial charge in [-0.2, -0.15) is 0 Å². The number of carbonyl (C=O) groups is 1. The topological polar surface area (TPSA) is 63.3 Å². The average molecular weight is 619 g/mol. The van der Waals surface area contributed by atoms with Gasteiger partial charge in [-0.3, -0.25) is 4.79 Å². The molecule has 33 heavy (non-hydrogen) atoms. The summed E-state index contributed by atoms with van der Waals surface area (Å²) in [6, 6.07) is 18.1. The number of pyridine rings is 1. The molecule has 4 rings (SSSR count). The van der Waals surface area contributed by atoms with E-state index in [4.69, 9.17) is 9.52 Å². The Morgan fingerprint density at radius 2 is 1.58 bits per heavy atom. The summed E-state index contributed by atoms with van der Waals surface area (Å²) >= 11 is 0. The number of hydrogen-bond acceptors (Lipinski definition) is 4. The molecule has 0 atom stereocenters. The van der Waals surface area contributed by atoms with Gasteiger partial charge in [0.05, 0.1) is 5.76 Å². The van der Waals surface area contributed by atoms with Crippen LogP contribution in [0.15, 0.2) is 64.9 Å². The van der Waals surface area contributed by atoms with Crippen LogP contribution in [0, 0.1) is 33.8 Å². The van der Waals surface area contributed by atoms with E-state index in [0.29, 0.717) is 0 Å². The number of carbonyl (C=O) groups excluding carboxylic acids is 1. The molecule has 0 amide bonds. The molecule has 4 aromatic rings. The Hall–Kier alpha value is -3.01. The fraction of sp³-hybridized carbons (Fsp3) is 0.214. The molecule has 2 heterocycles. The summed E-state index contributed by atoms with van der Waals surface area (Å²) in [5.74, 6) is 0.817. The zero-order chi connectivity index (χ0) is 23.4. The van der Waals surface area contributed by atoms with E-state index >= 15 is 0 Å². The predicted molar refractivity (Wildman–Crippen MR) is 130 cm³/mol. The van der Waals surface area contributed by atoms with Crippen LogP contribution in [0.1, 0.15) is 36.1 Å². The van der Waals surface area contributed by atoms with Crippen molar-refractivity contribution in [2.45, 2.75) is 41.5 Å². The molecule has 1 N–H and O–H groups in total. The normalized spacial score (nSPS) is 10.9. The first kappa shape index (κ1) is 26.2. The van der Waals surface area contributed by atoms with Gasteiger partial charge in [-0.1, -0.05) is 31.0 Å². The Labute approximate surface area is 208 Å². The van der Waals surface area contributed by atoms with Crippen molar-refractivity contribution in [3.8, 4) is 22.6 Å². The van der Waals surface area contributed by atoms with Gasteiger partial charge in [0.15, 0.2) is 5.78 Å². The fourth-order valence-electron chi connectivity index (χ4n) is 3.67. The van der Waals surface area contributed by atoms with Crippen LogP contribution < -0.4 is 0 Å². The molecular formula is C28H28IrNO3-. The SMILES string of the molecule is CC(=O)/C=C(/C)O.Cc1[c-]c(-c2cc3oc(-c4cc(C)cc(C)c4)cc3cn2)cc(C)c1.[Ir]. The number of furan rings is 1. The maximum absolute atomic E-state index is 10.0. The molecule has 0 fully saturated rings. The van der Waals surface area contributed by atoms with Crippen molar-refractivity contribution in [3.05, 3.63) is 88.8 Å². The number of nitrogens with zero attached hydrogens (tertiary/aromatic N) is 1. The number of hydrogen-bond donors (Lipinski definition) is 1. The van der Waals surface area contributed by atoms with Crippen molar-refractivity contribution in [2.24, 2.45) is 0 Å². The number of ketones is 1. The number of rotatable bonds is 3. The monoisotopic (exact) mass is 619 g/mol.